The molecule has 0 aliphatic heterocycles. The third-order valence-electron chi connectivity index (χ3n) is 2.85. The fraction of sp³-hybridized carbons (Fsp3) is 0.214. The number of benzene rings is 1. The van der Waals surface area contributed by atoms with E-state index in [4.69, 9.17) is 4.42 Å². The highest BCUT2D eigenvalue weighted by Crippen LogP contribution is 2.21. The van der Waals surface area contributed by atoms with Gasteiger partial charge < -0.3 is 15.1 Å². The molecule has 0 unspecified atom stereocenters. The molecule has 1 aromatic carbocycles. The van der Waals surface area contributed by atoms with Crippen LogP contribution in [0.1, 0.15) is 12.7 Å². The lowest BCUT2D eigenvalue weighted by molar-refractivity contribution is 0.251. The van der Waals surface area contributed by atoms with Crippen LogP contribution in [0.25, 0.3) is 0 Å². The Morgan fingerprint density at radius 1 is 1.19 bits per heavy atom. The summed E-state index contributed by atoms with van der Waals surface area (Å²) >= 11 is 0. The number of amides is 2. The number of carbonyl (C=O) groups excluding carboxylic acids is 1. The van der Waals surface area contributed by atoms with Crippen molar-refractivity contribution in [3.63, 3.8) is 0 Å². The Hall–Kier alpha value is -2.28. The summed E-state index contributed by atoms with van der Waals surface area (Å²) in [5.74, 6) is 0.583. The quantitative estimate of drug-likeness (QED) is 0.887. The molecular weight excluding hydrogens is 292 g/mol. The first-order valence-corrected chi connectivity index (χ1v) is 8.07. The number of hydrogen-bond donors (Lipinski definition) is 2. The van der Waals surface area contributed by atoms with Crippen molar-refractivity contribution in [1.82, 2.24) is 5.32 Å². The second-order valence-corrected chi connectivity index (χ2v) is 6.53. The molecule has 7 heteroatoms. The highest BCUT2D eigenvalue weighted by atomic mass is 32.2. The molecule has 2 amide bonds. The van der Waals surface area contributed by atoms with Crippen LogP contribution >= 0.6 is 0 Å². The molecule has 112 valence electrons. The zero-order valence-electron chi connectivity index (χ0n) is 11.5. The standard InChI is InChI=1S/C14H16N2O4S/c1-2-21(18,19)13-8-4-3-7-12(13)16-14(17)15-10-11-6-5-9-20-11/h3-9H,2,10H2,1H3,(H2,15,16,17). The molecule has 0 aliphatic rings. The maximum absolute atomic E-state index is 12.0. The molecule has 1 aromatic heterocycles. The zero-order valence-corrected chi connectivity index (χ0v) is 12.3. The zero-order chi connectivity index (χ0) is 15.3. The van der Waals surface area contributed by atoms with Gasteiger partial charge in [-0.15, -0.1) is 0 Å². The van der Waals surface area contributed by atoms with Gasteiger partial charge in [0, 0.05) is 0 Å². The lowest BCUT2D eigenvalue weighted by Gasteiger charge is -2.11. The third kappa shape index (κ3) is 3.85. The maximum atomic E-state index is 12.0. The van der Waals surface area contributed by atoms with Crippen molar-refractivity contribution in [1.29, 1.82) is 0 Å². The van der Waals surface area contributed by atoms with Crippen LogP contribution in [-0.2, 0) is 16.4 Å². The van der Waals surface area contributed by atoms with E-state index in [2.05, 4.69) is 10.6 Å². The van der Waals surface area contributed by atoms with Crippen LogP contribution < -0.4 is 10.6 Å². The minimum Gasteiger partial charge on any atom is -0.467 e. The van der Waals surface area contributed by atoms with Gasteiger partial charge in [-0.05, 0) is 24.3 Å². The van der Waals surface area contributed by atoms with Crippen LogP contribution in [0, 0.1) is 0 Å². The summed E-state index contributed by atoms with van der Waals surface area (Å²) in [6, 6.07) is 9.26. The van der Waals surface area contributed by atoms with E-state index in [1.807, 2.05) is 0 Å². The first-order valence-electron chi connectivity index (χ1n) is 6.42. The van der Waals surface area contributed by atoms with Gasteiger partial charge in [0.15, 0.2) is 9.84 Å². The number of sulfone groups is 1. The minimum absolute atomic E-state index is 0.0281. The highest BCUT2D eigenvalue weighted by Gasteiger charge is 2.17. The molecule has 6 nitrogen and oxygen atoms in total. The molecule has 0 aliphatic carbocycles. The van der Waals surface area contributed by atoms with Gasteiger partial charge in [-0.25, -0.2) is 13.2 Å². The molecule has 0 saturated carbocycles. The van der Waals surface area contributed by atoms with Crippen molar-refractivity contribution >= 4 is 21.6 Å². The fourth-order valence-electron chi connectivity index (χ4n) is 1.74. The molecule has 2 aromatic rings. The van der Waals surface area contributed by atoms with E-state index in [1.54, 1.807) is 37.3 Å². The Morgan fingerprint density at radius 3 is 2.62 bits per heavy atom. The van der Waals surface area contributed by atoms with E-state index in [0.29, 0.717) is 5.76 Å². The Bertz CT molecular complexity index is 708. The van der Waals surface area contributed by atoms with E-state index in [1.165, 1.54) is 12.3 Å². The predicted molar refractivity (Wildman–Crippen MR) is 78.7 cm³/mol. The number of hydrogen-bond acceptors (Lipinski definition) is 4. The SMILES string of the molecule is CCS(=O)(=O)c1ccccc1NC(=O)NCc1ccco1. The lowest BCUT2D eigenvalue weighted by Crippen LogP contribution is -2.28. The second-order valence-electron chi connectivity index (χ2n) is 4.29. The van der Waals surface area contributed by atoms with E-state index < -0.39 is 15.9 Å². The summed E-state index contributed by atoms with van der Waals surface area (Å²) in [7, 11) is -3.39. The van der Waals surface area contributed by atoms with Gasteiger partial charge in [0.2, 0.25) is 0 Å². The van der Waals surface area contributed by atoms with Crippen molar-refractivity contribution in [2.24, 2.45) is 0 Å². The second kappa shape index (κ2) is 6.45. The fourth-order valence-corrected chi connectivity index (χ4v) is 2.79. The molecular formula is C14H16N2O4S. The molecule has 1 heterocycles. The Morgan fingerprint density at radius 2 is 1.95 bits per heavy atom. The number of nitrogens with one attached hydrogen (secondary N) is 2. The monoisotopic (exact) mass is 308 g/mol. The molecule has 2 N–H and O–H groups in total. The molecule has 0 atom stereocenters. The van der Waals surface area contributed by atoms with Crippen LogP contribution in [0.2, 0.25) is 0 Å². The van der Waals surface area contributed by atoms with Crippen LogP contribution in [0.15, 0.2) is 52.0 Å². The number of furan rings is 1. The van der Waals surface area contributed by atoms with E-state index in [9.17, 15) is 13.2 Å². The summed E-state index contributed by atoms with van der Waals surface area (Å²) in [5.41, 5.74) is 0.260. The summed E-state index contributed by atoms with van der Waals surface area (Å²) in [6.07, 6.45) is 1.51. The largest absolute Gasteiger partial charge is 0.467 e. The van der Waals surface area contributed by atoms with Gasteiger partial charge >= 0.3 is 6.03 Å². The Kier molecular flexibility index (Phi) is 4.64. The van der Waals surface area contributed by atoms with Crippen molar-refractivity contribution in [2.45, 2.75) is 18.4 Å². The van der Waals surface area contributed by atoms with Crippen molar-refractivity contribution in [2.75, 3.05) is 11.1 Å². The maximum Gasteiger partial charge on any atom is 0.319 e. The van der Waals surface area contributed by atoms with Crippen LogP contribution in [-0.4, -0.2) is 20.2 Å². The average molecular weight is 308 g/mol. The molecule has 0 spiro atoms. The normalized spacial score (nSPS) is 11.1. The van der Waals surface area contributed by atoms with Gasteiger partial charge in [-0.1, -0.05) is 19.1 Å². The van der Waals surface area contributed by atoms with Crippen molar-refractivity contribution in [3.05, 3.63) is 48.4 Å². The number of rotatable bonds is 5. The first-order chi connectivity index (χ1) is 10.0. The molecule has 2 rings (SSSR count). The van der Waals surface area contributed by atoms with Gasteiger partial charge in [-0.2, -0.15) is 0 Å². The smallest absolute Gasteiger partial charge is 0.319 e. The van der Waals surface area contributed by atoms with Crippen LogP contribution in [0.5, 0.6) is 0 Å². The molecule has 0 bridgehead atoms. The van der Waals surface area contributed by atoms with Crippen molar-refractivity contribution in [3.8, 4) is 0 Å². The average Bonchev–Trinajstić information content (AvgIpc) is 2.99. The highest BCUT2D eigenvalue weighted by molar-refractivity contribution is 7.91. The summed E-state index contributed by atoms with van der Waals surface area (Å²) in [4.78, 5) is 11.9. The van der Waals surface area contributed by atoms with Gasteiger partial charge in [-0.3, -0.25) is 0 Å². The number of carbonyl (C=O) groups is 1. The van der Waals surface area contributed by atoms with E-state index in [0.717, 1.165) is 0 Å². The number of urea groups is 1. The van der Waals surface area contributed by atoms with E-state index >= 15 is 0 Å². The lowest BCUT2D eigenvalue weighted by atomic mass is 10.3. The van der Waals surface area contributed by atoms with Gasteiger partial charge in [0.1, 0.15) is 5.76 Å². The third-order valence-corrected chi connectivity index (χ3v) is 4.64. The van der Waals surface area contributed by atoms with Crippen LogP contribution in [0.4, 0.5) is 10.5 Å². The Labute approximate surface area is 123 Å². The number of para-hydroxylation sites is 1. The summed E-state index contributed by atoms with van der Waals surface area (Å²) in [5, 5.41) is 5.13. The molecule has 0 fully saturated rings. The molecule has 0 saturated heterocycles. The Balaban J connectivity index is 2.07. The number of anilines is 1. The predicted octanol–water partition coefficient (Wildman–Crippen LogP) is 2.39. The van der Waals surface area contributed by atoms with Gasteiger partial charge in [0.05, 0.1) is 29.1 Å². The summed E-state index contributed by atoms with van der Waals surface area (Å²) in [6.45, 7) is 1.78. The molecule has 21 heavy (non-hydrogen) atoms. The van der Waals surface area contributed by atoms with E-state index in [-0.39, 0.29) is 22.9 Å². The minimum atomic E-state index is -3.39. The first kappa shape index (κ1) is 15.1. The van der Waals surface area contributed by atoms with Crippen molar-refractivity contribution < 1.29 is 17.6 Å². The van der Waals surface area contributed by atoms with Gasteiger partial charge in [0.25, 0.3) is 0 Å². The summed E-state index contributed by atoms with van der Waals surface area (Å²) < 4.78 is 29.0. The molecule has 0 radical (unpaired) electrons. The topological polar surface area (TPSA) is 88.4 Å². The van der Waals surface area contributed by atoms with Crippen LogP contribution in [0.3, 0.4) is 0 Å².